The summed E-state index contributed by atoms with van der Waals surface area (Å²) >= 11 is 0. The summed E-state index contributed by atoms with van der Waals surface area (Å²) in [5, 5.41) is 0. The molecule has 0 aliphatic heterocycles. The van der Waals surface area contributed by atoms with E-state index in [1.54, 1.807) is 19.1 Å². The van der Waals surface area contributed by atoms with E-state index < -0.39 is 32.4 Å². The lowest BCUT2D eigenvalue weighted by Crippen LogP contribution is -2.34. The van der Waals surface area contributed by atoms with Crippen molar-refractivity contribution in [2.24, 2.45) is 0 Å². The maximum atomic E-state index is 13.2. The smallest absolute Gasteiger partial charge is 0.240 e. The van der Waals surface area contributed by atoms with E-state index in [0.717, 1.165) is 6.07 Å². The van der Waals surface area contributed by atoms with Gasteiger partial charge in [-0.3, -0.25) is 4.79 Å². The van der Waals surface area contributed by atoms with Gasteiger partial charge in [-0.25, -0.2) is 26.3 Å². The number of nitrogens with one attached hydrogen (secondary N) is 1. The summed E-state index contributed by atoms with van der Waals surface area (Å²) in [5.74, 6) is -3.16. The number of nitrogens with zero attached hydrogens (tertiary/aromatic N) is 1. The molecular formula is C18H19F3N2O3S. The van der Waals surface area contributed by atoms with Crippen LogP contribution in [0.1, 0.15) is 18.9 Å². The van der Waals surface area contributed by atoms with Gasteiger partial charge in [-0.05, 0) is 42.8 Å². The summed E-state index contributed by atoms with van der Waals surface area (Å²) in [5.41, 5.74) is 0.618. The minimum atomic E-state index is -4.07. The number of sulfonamides is 1. The molecule has 0 atom stereocenters. The van der Waals surface area contributed by atoms with Crippen molar-refractivity contribution in [1.82, 2.24) is 9.62 Å². The van der Waals surface area contributed by atoms with Crippen molar-refractivity contribution in [3.05, 3.63) is 65.5 Å². The molecule has 146 valence electrons. The molecule has 0 radical (unpaired) electrons. The highest BCUT2D eigenvalue weighted by atomic mass is 32.2. The van der Waals surface area contributed by atoms with E-state index in [1.807, 2.05) is 0 Å². The van der Waals surface area contributed by atoms with Crippen molar-refractivity contribution < 1.29 is 26.4 Å². The number of carbonyl (C=O) groups excluding carboxylic acids is 1. The average Bonchev–Trinajstić information content (AvgIpc) is 2.61. The lowest BCUT2D eigenvalue weighted by atomic mass is 10.2. The first-order valence-corrected chi connectivity index (χ1v) is 9.68. The Kier molecular flexibility index (Phi) is 6.98. The van der Waals surface area contributed by atoms with Gasteiger partial charge in [0.1, 0.15) is 5.82 Å². The van der Waals surface area contributed by atoms with E-state index >= 15 is 0 Å². The molecule has 2 rings (SSSR count). The van der Waals surface area contributed by atoms with E-state index in [2.05, 4.69) is 4.72 Å². The van der Waals surface area contributed by atoms with Gasteiger partial charge in [0.2, 0.25) is 15.9 Å². The fourth-order valence-corrected chi connectivity index (χ4v) is 3.45. The molecule has 0 aliphatic carbocycles. The van der Waals surface area contributed by atoms with Crippen molar-refractivity contribution in [1.29, 1.82) is 0 Å². The first-order chi connectivity index (χ1) is 12.7. The van der Waals surface area contributed by atoms with Gasteiger partial charge >= 0.3 is 0 Å². The summed E-state index contributed by atoms with van der Waals surface area (Å²) < 4.78 is 65.7. The number of hydrogen-bond acceptors (Lipinski definition) is 3. The van der Waals surface area contributed by atoms with Crippen LogP contribution in [0.3, 0.4) is 0 Å². The number of amides is 1. The zero-order valence-corrected chi connectivity index (χ0v) is 15.4. The largest absolute Gasteiger partial charge is 0.339 e. The van der Waals surface area contributed by atoms with Crippen LogP contribution in [0.15, 0.2) is 47.4 Å². The zero-order chi connectivity index (χ0) is 20.0. The highest BCUT2D eigenvalue weighted by Crippen LogP contribution is 2.14. The number of benzene rings is 2. The summed E-state index contributed by atoms with van der Waals surface area (Å²) in [4.78, 5) is 13.3. The highest BCUT2D eigenvalue weighted by Gasteiger charge is 2.18. The Morgan fingerprint density at radius 3 is 2.44 bits per heavy atom. The monoisotopic (exact) mass is 400 g/mol. The third-order valence-corrected chi connectivity index (χ3v) is 5.29. The fraction of sp³-hybridized carbons (Fsp3) is 0.278. The predicted octanol–water partition coefficient (Wildman–Crippen LogP) is 2.82. The quantitative estimate of drug-likeness (QED) is 0.741. The molecule has 2 aromatic carbocycles. The topological polar surface area (TPSA) is 66.5 Å². The molecule has 9 heteroatoms. The van der Waals surface area contributed by atoms with Crippen molar-refractivity contribution in [3.8, 4) is 0 Å². The van der Waals surface area contributed by atoms with Crippen LogP contribution in [0.2, 0.25) is 0 Å². The maximum Gasteiger partial charge on any atom is 0.240 e. The molecule has 0 aromatic heterocycles. The molecule has 0 unspecified atom stereocenters. The van der Waals surface area contributed by atoms with E-state index in [9.17, 15) is 26.4 Å². The molecular weight excluding hydrogens is 381 g/mol. The van der Waals surface area contributed by atoms with Gasteiger partial charge in [-0.1, -0.05) is 12.1 Å². The Morgan fingerprint density at radius 1 is 1.07 bits per heavy atom. The summed E-state index contributed by atoms with van der Waals surface area (Å²) in [6.07, 6.45) is -0.133. The van der Waals surface area contributed by atoms with Crippen LogP contribution in [-0.4, -0.2) is 32.3 Å². The summed E-state index contributed by atoms with van der Waals surface area (Å²) in [6, 6.07) is 8.07. The van der Waals surface area contributed by atoms with Gasteiger partial charge < -0.3 is 4.90 Å². The fourth-order valence-electron chi connectivity index (χ4n) is 2.41. The molecule has 1 amide bonds. The van der Waals surface area contributed by atoms with E-state index in [1.165, 1.54) is 17.0 Å². The third-order valence-electron chi connectivity index (χ3n) is 3.83. The average molecular weight is 400 g/mol. The van der Waals surface area contributed by atoms with Crippen molar-refractivity contribution in [3.63, 3.8) is 0 Å². The van der Waals surface area contributed by atoms with Gasteiger partial charge in [-0.15, -0.1) is 0 Å². The SMILES string of the molecule is CCN(Cc1cccc(F)c1)C(=O)CCNS(=O)(=O)c1ccc(F)c(F)c1. The molecule has 0 bridgehead atoms. The van der Waals surface area contributed by atoms with Crippen molar-refractivity contribution >= 4 is 15.9 Å². The normalized spacial score (nSPS) is 11.4. The second-order valence-corrected chi connectivity index (χ2v) is 7.53. The first kappa shape index (κ1) is 20.9. The third kappa shape index (κ3) is 5.80. The second-order valence-electron chi connectivity index (χ2n) is 5.76. The van der Waals surface area contributed by atoms with Crippen LogP contribution in [0.5, 0.6) is 0 Å². The van der Waals surface area contributed by atoms with Gasteiger partial charge in [-0.2, -0.15) is 0 Å². The van der Waals surface area contributed by atoms with E-state index in [4.69, 9.17) is 0 Å². The van der Waals surface area contributed by atoms with Crippen LogP contribution in [0.25, 0.3) is 0 Å². The minimum absolute atomic E-state index is 0.133. The highest BCUT2D eigenvalue weighted by molar-refractivity contribution is 7.89. The van der Waals surface area contributed by atoms with Crippen LogP contribution in [0.4, 0.5) is 13.2 Å². The van der Waals surface area contributed by atoms with Crippen LogP contribution in [0, 0.1) is 17.5 Å². The molecule has 27 heavy (non-hydrogen) atoms. The lowest BCUT2D eigenvalue weighted by molar-refractivity contribution is -0.131. The Morgan fingerprint density at radius 2 is 1.81 bits per heavy atom. The second kappa shape index (κ2) is 9.01. The Balaban J connectivity index is 1.94. The lowest BCUT2D eigenvalue weighted by Gasteiger charge is -2.21. The molecule has 0 heterocycles. The van der Waals surface area contributed by atoms with Crippen molar-refractivity contribution in [2.45, 2.75) is 24.8 Å². The molecule has 0 fully saturated rings. The summed E-state index contributed by atoms with van der Waals surface area (Å²) in [7, 11) is -4.07. The number of halogens is 3. The Labute approximate surface area is 155 Å². The van der Waals surface area contributed by atoms with Crippen LogP contribution >= 0.6 is 0 Å². The van der Waals surface area contributed by atoms with Gasteiger partial charge in [0.25, 0.3) is 0 Å². The molecule has 1 N–H and O–H groups in total. The molecule has 0 spiro atoms. The number of hydrogen-bond donors (Lipinski definition) is 1. The summed E-state index contributed by atoms with van der Waals surface area (Å²) in [6.45, 7) is 2.11. The van der Waals surface area contributed by atoms with E-state index in [0.29, 0.717) is 24.2 Å². The molecule has 0 saturated carbocycles. The van der Waals surface area contributed by atoms with E-state index in [-0.39, 0.29) is 25.4 Å². The number of carbonyl (C=O) groups is 1. The Hall–Kier alpha value is -2.39. The van der Waals surface area contributed by atoms with Gasteiger partial charge in [0.15, 0.2) is 11.6 Å². The van der Waals surface area contributed by atoms with Crippen LogP contribution < -0.4 is 4.72 Å². The maximum absolute atomic E-state index is 13.2. The van der Waals surface area contributed by atoms with Gasteiger partial charge in [0.05, 0.1) is 4.90 Å². The molecule has 5 nitrogen and oxygen atoms in total. The van der Waals surface area contributed by atoms with Gasteiger partial charge in [0, 0.05) is 26.1 Å². The minimum Gasteiger partial charge on any atom is -0.339 e. The predicted molar refractivity (Wildman–Crippen MR) is 93.7 cm³/mol. The van der Waals surface area contributed by atoms with Crippen molar-refractivity contribution in [2.75, 3.05) is 13.1 Å². The first-order valence-electron chi connectivity index (χ1n) is 8.20. The number of rotatable bonds is 8. The molecule has 2 aromatic rings. The molecule has 0 saturated heterocycles. The van der Waals surface area contributed by atoms with Crippen LogP contribution in [-0.2, 0) is 21.4 Å². The molecule has 0 aliphatic rings. The zero-order valence-electron chi connectivity index (χ0n) is 14.6. The Bertz CT molecular complexity index is 920. The standard InChI is InChI=1S/C18H19F3N2O3S/c1-2-23(12-13-4-3-5-14(19)10-13)18(24)8-9-22-27(25,26)15-6-7-16(20)17(21)11-15/h3-7,10-11,22H,2,8-9,12H2,1H3.